The first-order valence-corrected chi connectivity index (χ1v) is 6.80. The van der Waals surface area contributed by atoms with Crippen molar-refractivity contribution in [1.82, 2.24) is 0 Å². The molecule has 0 aliphatic carbocycles. The molecule has 0 bridgehead atoms. The van der Waals surface area contributed by atoms with Crippen LogP contribution >= 0.6 is 11.8 Å². The lowest BCUT2D eigenvalue weighted by atomic mass is 10.1. The third-order valence-electron chi connectivity index (χ3n) is 2.74. The summed E-state index contributed by atoms with van der Waals surface area (Å²) in [5, 5.41) is 23.8. The number of nitrogens with zero attached hydrogens (tertiary/aromatic N) is 2. The predicted octanol–water partition coefficient (Wildman–Crippen LogP) is 2.03. The van der Waals surface area contributed by atoms with Gasteiger partial charge >= 0.3 is 0 Å². The van der Waals surface area contributed by atoms with E-state index in [4.69, 9.17) is 21.9 Å². The lowest BCUT2D eigenvalue weighted by Gasteiger charge is -2.12. The number of hydrogen-bond acceptors (Lipinski definition) is 5. The van der Waals surface area contributed by atoms with Crippen LogP contribution in [0.4, 0.5) is 0 Å². The molecule has 7 heteroatoms. The lowest BCUT2D eigenvalue weighted by molar-refractivity contribution is 0.317. The van der Waals surface area contributed by atoms with Crippen LogP contribution in [0.1, 0.15) is 11.1 Å². The zero-order chi connectivity index (χ0) is 15.2. The maximum absolute atomic E-state index is 8.97. The molecule has 2 aromatic rings. The Balaban J connectivity index is 2.55. The van der Waals surface area contributed by atoms with E-state index < -0.39 is 0 Å². The van der Waals surface area contributed by atoms with Gasteiger partial charge in [0.2, 0.25) is 0 Å². The van der Waals surface area contributed by atoms with E-state index in [1.54, 1.807) is 12.1 Å². The molecule has 0 spiro atoms. The van der Waals surface area contributed by atoms with E-state index in [-0.39, 0.29) is 11.7 Å². The highest BCUT2D eigenvalue weighted by Crippen LogP contribution is 2.31. The number of oxime groups is 2. The number of nitrogens with two attached hydrogens (primary N) is 2. The molecule has 2 aromatic carbocycles. The first kappa shape index (κ1) is 14.7. The molecule has 0 radical (unpaired) electrons. The van der Waals surface area contributed by atoms with Crippen LogP contribution < -0.4 is 11.5 Å². The fraction of sp³-hybridized carbons (Fsp3) is 0. The van der Waals surface area contributed by atoms with Crippen LogP contribution in [0.2, 0.25) is 0 Å². The van der Waals surface area contributed by atoms with Gasteiger partial charge in [-0.1, -0.05) is 52.4 Å². The number of rotatable bonds is 4. The van der Waals surface area contributed by atoms with Crippen molar-refractivity contribution >= 4 is 23.4 Å². The summed E-state index contributed by atoms with van der Waals surface area (Å²) in [5.41, 5.74) is 12.2. The van der Waals surface area contributed by atoms with Crippen LogP contribution in [-0.2, 0) is 0 Å². The molecule has 0 unspecified atom stereocenters. The molecule has 0 aliphatic heterocycles. The summed E-state index contributed by atoms with van der Waals surface area (Å²) >= 11 is 1.44. The normalized spacial score (nSPS) is 12.4. The van der Waals surface area contributed by atoms with Crippen molar-refractivity contribution in [3.05, 3.63) is 59.7 Å². The highest BCUT2D eigenvalue weighted by atomic mass is 32.2. The molecule has 108 valence electrons. The monoisotopic (exact) mass is 302 g/mol. The molecule has 0 fully saturated rings. The molecule has 0 saturated carbocycles. The van der Waals surface area contributed by atoms with Crippen LogP contribution in [0.25, 0.3) is 0 Å². The van der Waals surface area contributed by atoms with Crippen molar-refractivity contribution in [2.45, 2.75) is 9.79 Å². The van der Waals surface area contributed by atoms with Gasteiger partial charge in [0.15, 0.2) is 11.7 Å². The van der Waals surface area contributed by atoms with E-state index in [0.717, 1.165) is 9.79 Å². The molecular weight excluding hydrogens is 288 g/mol. The second kappa shape index (κ2) is 6.67. The van der Waals surface area contributed by atoms with Crippen molar-refractivity contribution < 1.29 is 10.4 Å². The van der Waals surface area contributed by atoms with Gasteiger partial charge < -0.3 is 21.9 Å². The van der Waals surface area contributed by atoms with Crippen LogP contribution in [0.5, 0.6) is 0 Å². The first-order valence-electron chi connectivity index (χ1n) is 5.99. The summed E-state index contributed by atoms with van der Waals surface area (Å²) in [6.07, 6.45) is 0. The second-order valence-electron chi connectivity index (χ2n) is 4.06. The molecule has 0 heterocycles. The zero-order valence-corrected chi connectivity index (χ0v) is 11.8. The Morgan fingerprint density at radius 3 is 2.14 bits per heavy atom. The van der Waals surface area contributed by atoms with Gasteiger partial charge in [-0.05, 0) is 18.2 Å². The van der Waals surface area contributed by atoms with Crippen molar-refractivity contribution in [3.63, 3.8) is 0 Å². The minimum Gasteiger partial charge on any atom is -0.409 e. The zero-order valence-electron chi connectivity index (χ0n) is 11.0. The maximum Gasteiger partial charge on any atom is 0.171 e. The topological polar surface area (TPSA) is 117 Å². The van der Waals surface area contributed by atoms with Gasteiger partial charge in [0, 0.05) is 20.9 Å². The van der Waals surface area contributed by atoms with Crippen LogP contribution in [-0.4, -0.2) is 22.1 Å². The minimum atomic E-state index is -0.105. The number of amidine groups is 2. The van der Waals surface area contributed by atoms with Gasteiger partial charge in [-0.2, -0.15) is 0 Å². The molecule has 6 N–H and O–H groups in total. The molecule has 0 atom stereocenters. The fourth-order valence-electron chi connectivity index (χ4n) is 1.81. The van der Waals surface area contributed by atoms with Gasteiger partial charge in [-0.3, -0.25) is 0 Å². The Hall–Kier alpha value is -2.67. The van der Waals surface area contributed by atoms with Crippen LogP contribution in [0, 0.1) is 0 Å². The Kier molecular flexibility index (Phi) is 4.68. The van der Waals surface area contributed by atoms with Gasteiger partial charge in [-0.25, -0.2) is 0 Å². The molecule has 21 heavy (non-hydrogen) atoms. The van der Waals surface area contributed by atoms with E-state index in [2.05, 4.69) is 10.3 Å². The molecule has 0 aliphatic rings. The Labute approximate surface area is 125 Å². The summed E-state index contributed by atoms with van der Waals surface area (Å²) < 4.78 is 0. The van der Waals surface area contributed by atoms with E-state index in [1.165, 1.54) is 11.8 Å². The summed E-state index contributed by atoms with van der Waals surface area (Å²) in [7, 11) is 0. The van der Waals surface area contributed by atoms with E-state index in [9.17, 15) is 0 Å². The highest BCUT2D eigenvalue weighted by Gasteiger charge is 2.16. The summed E-state index contributed by atoms with van der Waals surface area (Å²) in [6.45, 7) is 0. The third-order valence-corrected chi connectivity index (χ3v) is 3.81. The van der Waals surface area contributed by atoms with Crippen molar-refractivity contribution in [2.75, 3.05) is 0 Å². The van der Waals surface area contributed by atoms with Crippen LogP contribution in [0.15, 0.2) is 68.6 Å². The van der Waals surface area contributed by atoms with Crippen molar-refractivity contribution in [1.29, 1.82) is 0 Å². The number of benzene rings is 2. The maximum atomic E-state index is 8.97. The van der Waals surface area contributed by atoms with Crippen molar-refractivity contribution in [2.24, 2.45) is 21.8 Å². The Morgan fingerprint density at radius 1 is 0.857 bits per heavy atom. The minimum absolute atomic E-state index is 0.101. The molecule has 2 rings (SSSR count). The first-order chi connectivity index (χ1) is 10.2. The standard InChI is InChI=1S/C14H14N4O2S/c15-13(17-19)10-7-4-8-11(12(10)14(16)18-20)21-9-5-2-1-3-6-9/h1-8,19-20H,(H2,15,17)(H2,16,18). The average molecular weight is 302 g/mol. The van der Waals surface area contributed by atoms with Gasteiger partial charge in [0.1, 0.15) is 0 Å². The quantitative estimate of drug-likeness (QED) is 0.298. The fourth-order valence-corrected chi connectivity index (χ4v) is 2.82. The predicted molar refractivity (Wildman–Crippen MR) is 82.0 cm³/mol. The van der Waals surface area contributed by atoms with E-state index >= 15 is 0 Å². The average Bonchev–Trinajstić information content (AvgIpc) is 2.54. The molecule has 0 saturated heterocycles. The number of hydrogen-bond donors (Lipinski definition) is 4. The SMILES string of the molecule is NC(=NO)c1cccc(Sc2ccccc2)c1C(N)=NO. The van der Waals surface area contributed by atoms with Gasteiger partial charge in [0.05, 0.1) is 0 Å². The van der Waals surface area contributed by atoms with E-state index in [1.807, 2.05) is 36.4 Å². The molecule has 6 nitrogen and oxygen atoms in total. The second-order valence-corrected chi connectivity index (χ2v) is 5.18. The molecular formula is C14H14N4O2S. The summed E-state index contributed by atoms with van der Waals surface area (Å²) in [6, 6.07) is 14.8. The largest absolute Gasteiger partial charge is 0.409 e. The van der Waals surface area contributed by atoms with Gasteiger partial charge in [0.25, 0.3) is 0 Å². The summed E-state index contributed by atoms with van der Waals surface area (Å²) in [5.74, 6) is -0.206. The highest BCUT2D eigenvalue weighted by molar-refractivity contribution is 7.99. The Morgan fingerprint density at radius 2 is 1.52 bits per heavy atom. The smallest absolute Gasteiger partial charge is 0.171 e. The molecule has 0 amide bonds. The summed E-state index contributed by atoms with van der Waals surface area (Å²) in [4.78, 5) is 1.72. The Bertz CT molecular complexity index is 687. The van der Waals surface area contributed by atoms with Gasteiger partial charge in [-0.15, -0.1) is 0 Å². The van der Waals surface area contributed by atoms with Crippen LogP contribution in [0.3, 0.4) is 0 Å². The molecule has 0 aromatic heterocycles. The lowest BCUT2D eigenvalue weighted by Crippen LogP contribution is -2.23. The van der Waals surface area contributed by atoms with Crippen molar-refractivity contribution in [3.8, 4) is 0 Å². The third kappa shape index (κ3) is 3.26. The van der Waals surface area contributed by atoms with E-state index in [0.29, 0.717) is 11.1 Å².